The van der Waals surface area contributed by atoms with Gasteiger partial charge in [-0.15, -0.1) is 0 Å². The summed E-state index contributed by atoms with van der Waals surface area (Å²) in [6.45, 7) is 4.53. The molecule has 4 nitrogen and oxygen atoms in total. The average Bonchev–Trinajstić information content (AvgIpc) is 2.36. The average molecular weight is 188 g/mol. The Morgan fingerprint density at radius 3 is 2.77 bits per heavy atom. The van der Waals surface area contributed by atoms with Gasteiger partial charge in [-0.2, -0.15) is 0 Å². The van der Waals surface area contributed by atoms with Gasteiger partial charge in [0.2, 0.25) is 6.17 Å². The fraction of sp³-hybridized carbons (Fsp3) is 0.500. The molecule has 0 amide bonds. The van der Waals surface area contributed by atoms with Gasteiger partial charge >= 0.3 is 11.9 Å². The largest absolute Gasteiger partial charge is 0.459 e. The molecule has 0 bridgehead atoms. The van der Waals surface area contributed by atoms with Gasteiger partial charge in [0.15, 0.2) is 6.10 Å². The lowest BCUT2D eigenvalue weighted by Gasteiger charge is -2.09. The van der Waals surface area contributed by atoms with Gasteiger partial charge in [0.05, 0.1) is 0 Å². The van der Waals surface area contributed by atoms with E-state index in [0.717, 1.165) is 0 Å². The maximum Gasteiger partial charge on any atom is 0.344 e. The summed E-state index contributed by atoms with van der Waals surface area (Å²) >= 11 is 0. The highest BCUT2D eigenvalue weighted by atomic mass is 19.1. The van der Waals surface area contributed by atoms with Gasteiger partial charge in [0.1, 0.15) is 6.61 Å². The number of esters is 2. The van der Waals surface area contributed by atoms with Crippen molar-refractivity contribution in [2.24, 2.45) is 0 Å². The van der Waals surface area contributed by atoms with Crippen LogP contribution >= 0.6 is 0 Å². The summed E-state index contributed by atoms with van der Waals surface area (Å²) < 4.78 is 21.8. The van der Waals surface area contributed by atoms with Gasteiger partial charge < -0.3 is 9.47 Å². The molecule has 13 heavy (non-hydrogen) atoms. The molecule has 1 aliphatic rings. The minimum Gasteiger partial charge on any atom is -0.459 e. The lowest BCUT2D eigenvalue weighted by Crippen LogP contribution is -2.28. The van der Waals surface area contributed by atoms with Crippen molar-refractivity contribution in [2.45, 2.75) is 19.2 Å². The molecule has 0 radical (unpaired) electrons. The monoisotopic (exact) mass is 188 g/mol. The number of carbonyl (C=O) groups excluding carboxylic acids is 2. The molecule has 5 heteroatoms. The molecule has 0 aliphatic carbocycles. The molecule has 1 fully saturated rings. The van der Waals surface area contributed by atoms with E-state index in [2.05, 4.69) is 16.1 Å². The van der Waals surface area contributed by atoms with Crippen LogP contribution in [-0.4, -0.2) is 30.8 Å². The molecule has 0 aromatic heterocycles. The highest BCUT2D eigenvalue weighted by molar-refractivity contribution is 5.88. The van der Waals surface area contributed by atoms with E-state index >= 15 is 0 Å². The van der Waals surface area contributed by atoms with Gasteiger partial charge in [-0.3, -0.25) is 0 Å². The van der Waals surface area contributed by atoms with Crippen LogP contribution < -0.4 is 0 Å². The number of rotatable bonds is 2. The van der Waals surface area contributed by atoms with Gasteiger partial charge in [-0.1, -0.05) is 6.58 Å². The van der Waals surface area contributed by atoms with Crippen LogP contribution in [-0.2, 0) is 19.1 Å². The Labute approximate surface area is 74.3 Å². The van der Waals surface area contributed by atoms with Crippen molar-refractivity contribution in [3.05, 3.63) is 12.2 Å². The number of ether oxygens (including phenoxy) is 2. The standard InChI is InChI=1S/C8H9FO4/c1-4(2)7(10)13-5-3-12-8(11)6(5)9/h5-6H,1,3H2,2H3. The fourth-order valence-corrected chi connectivity index (χ4v) is 0.812. The predicted octanol–water partition coefficient (Wildman–Crippen LogP) is 0.369. The van der Waals surface area contributed by atoms with Crippen molar-refractivity contribution in [3.63, 3.8) is 0 Å². The van der Waals surface area contributed by atoms with Crippen molar-refractivity contribution in [2.75, 3.05) is 6.61 Å². The normalized spacial score (nSPS) is 26.8. The van der Waals surface area contributed by atoms with Crippen LogP contribution in [0.4, 0.5) is 4.39 Å². The Morgan fingerprint density at radius 2 is 2.38 bits per heavy atom. The number of halogens is 1. The van der Waals surface area contributed by atoms with E-state index in [1.54, 1.807) is 0 Å². The second-order valence-electron chi connectivity index (χ2n) is 2.76. The molecule has 0 aromatic rings. The van der Waals surface area contributed by atoms with Crippen LogP contribution in [0, 0.1) is 0 Å². The van der Waals surface area contributed by atoms with Crippen molar-refractivity contribution in [3.8, 4) is 0 Å². The third-order valence-electron chi connectivity index (χ3n) is 1.55. The number of carbonyl (C=O) groups is 2. The molecule has 2 unspecified atom stereocenters. The Morgan fingerprint density at radius 1 is 1.77 bits per heavy atom. The molecule has 0 spiro atoms. The Kier molecular flexibility index (Phi) is 2.65. The number of hydrogen-bond donors (Lipinski definition) is 0. The summed E-state index contributed by atoms with van der Waals surface area (Å²) in [6.07, 6.45) is -3.00. The molecule has 72 valence electrons. The minimum absolute atomic E-state index is 0.159. The van der Waals surface area contributed by atoms with Crippen molar-refractivity contribution >= 4 is 11.9 Å². The van der Waals surface area contributed by atoms with Crippen LogP contribution in [0.15, 0.2) is 12.2 Å². The molecule has 0 N–H and O–H groups in total. The Hall–Kier alpha value is -1.39. The van der Waals surface area contributed by atoms with Gasteiger partial charge in [-0.25, -0.2) is 14.0 Å². The van der Waals surface area contributed by atoms with Crippen LogP contribution in [0.1, 0.15) is 6.92 Å². The van der Waals surface area contributed by atoms with Gasteiger partial charge in [0.25, 0.3) is 0 Å². The van der Waals surface area contributed by atoms with E-state index in [-0.39, 0.29) is 12.2 Å². The topological polar surface area (TPSA) is 52.6 Å². The minimum atomic E-state index is -1.87. The quantitative estimate of drug-likeness (QED) is 0.464. The molecule has 1 heterocycles. The van der Waals surface area contributed by atoms with Gasteiger partial charge in [-0.05, 0) is 6.92 Å². The van der Waals surface area contributed by atoms with E-state index in [0.29, 0.717) is 0 Å². The summed E-state index contributed by atoms with van der Waals surface area (Å²) in [5.41, 5.74) is 0.159. The summed E-state index contributed by atoms with van der Waals surface area (Å²) in [4.78, 5) is 21.4. The van der Waals surface area contributed by atoms with Crippen molar-refractivity contribution in [1.29, 1.82) is 0 Å². The zero-order valence-electron chi connectivity index (χ0n) is 7.08. The molecule has 1 rings (SSSR count). The zero-order valence-corrected chi connectivity index (χ0v) is 7.08. The van der Waals surface area contributed by atoms with E-state index in [4.69, 9.17) is 0 Å². The van der Waals surface area contributed by atoms with Crippen LogP contribution in [0.2, 0.25) is 0 Å². The van der Waals surface area contributed by atoms with E-state index in [9.17, 15) is 14.0 Å². The first-order valence-corrected chi connectivity index (χ1v) is 3.69. The first-order valence-electron chi connectivity index (χ1n) is 3.69. The lowest BCUT2D eigenvalue weighted by molar-refractivity contribution is -0.146. The summed E-state index contributed by atoms with van der Waals surface area (Å²) in [6, 6.07) is 0. The zero-order chi connectivity index (χ0) is 10.0. The van der Waals surface area contributed by atoms with Crippen molar-refractivity contribution < 1.29 is 23.5 Å². The maximum atomic E-state index is 12.8. The summed E-state index contributed by atoms with van der Waals surface area (Å²) in [5, 5.41) is 0. The predicted molar refractivity (Wildman–Crippen MR) is 40.5 cm³/mol. The number of hydrogen-bond acceptors (Lipinski definition) is 4. The van der Waals surface area contributed by atoms with Crippen LogP contribution in [0.3, 0.4) is 0 Å². The smallest absolute Gasteiger partial charge is 0.344 e. The van der Waals surface area contributed by atoms with Crippen molar-refractivity contribution in [1.82, 2.24) is 0 Å². The second kappa shape index (κ2) is 3.55. The van der Waals surface area contributed by atoms with E-state index < -0.39 is 24.2 Å². The maximum absolute atomic E-state index is 12.8. The molecule has 0 aromatic carbocycles. The molecular weight excluding hydrogens is 179 g/mol. The summed E-state index contributed by atoms with van der Waals surface area (Å²) in [7, 11) is 0. The molecule has 1 aliphatic heterocycles. The summed E-state index contributed by atoms with van der Waals surface area (Å²) in [5.74, 6) is -1.70. The molecule has 1 saturated heterocycles. The first-order chi connectivity index (χ1) is 6.02. The highest BCUT2D eigenvalue weighted by Crippen LogP contribution is 2.15. The fourth-order valence-electron chi connectivity index (χ4n) is 0.812. The number of alkyl halides is 1. The highest BCUT2D eigenvalue weighted by Gasteiger charge is 2.40. The van der Waals surface area contributed by atoms with Crippen LogP contribution in [0.5, 0.6) is 0 Å². The van der Waals surface area contributed by atoms with E-state index in [1.165, 1.54) is 6.92 Å². The second-order valence-corrected chi connectivity index (χ2v) is 2.76. The molecule has 2 atom stereocenters. The van der Waals surface area contributed by atoms with Crippen LogP contribution in [0.25, 0.3) is 0 Å². The molecule has 0 saturated carbocycles. The third kappa shape index (κ3) is 2.05. The Bertz CT molecular complexity index is 261. The Balaban J connectivity index is 2.51. The number of cyclic esters (lactones) is 1. The first kappa shape index (κ1) is 9.70. The van der Waals surface area contributed by atoms with Gasteiger partial charge in [0, 0.05) is 5.57 Å². The van der Waals surface area contributed by atoms with E-state index in [1.807, 2.05) is 0 Å². The molecular formula is C8H9FO4. The lowest BCUT2D eigenvalue weighted by atomic mass is 10.2. The third-order valence-corrected chi connectivity index (χ3v) is 1.55. The SMILES string of the molecule is C=C(C)C(=O)OC1COC(=O)C1F.